The molecule has 1 aliphatic rings. The Kier molecular flexibility index (Phi) is 3.74. The summed E-state index contributed by atoms with van der Waals surface area (Å²) in [6.07, 6.45) is 4.14. The Morgan fingerprint density at radius 2 is 2.00 bits per heavy atom. The SMILES string of the molecule is CCC1(CNCC(N)C(C)C)CC1. The minimum absolute atomic E-state index is 0.313. The molecule has 0 saturated heterocycles. The van der Waals surface area contributed by atoms with Crippen LogP contribution >= 0.6 is 0 Å². The Hall–Kier alpha value is -0.0800. The van der Waals surface area contributed by atoms with Gasteiger partial charge in [-0.05, 0) is 30.6 Å². The lowest BCUT2D eigenvalue weighted by Crippen LogP contribution is -2.39. The van der Waals surface area contributed by atoms with E-state index in [9.17, 15) is 0 Å². The smallest absolute Gasteiger partial charge is 0.0188 e. The molecule has 1 fully saturated rings. The maximum Gasteiger partial charge on any atom is 0.0188 e. The van der Waals surface area contributed by atoms with Crippen LogP contribution in [-0.2, 0) is 0 Å². The van der Waals surface area contributed by atoms with Gasteiger partial charge in [0, 0.05) is 19.1 Å². The predicted octanol–water partition coefficient (Wildman–Crippen LogP) is 1.75. The molecule has 0 aliphatic heterocycles. The van der Waals surface area contributed by atoms with Gasteiger partial charge in [0.25, 0.3) is 0 Å². The molecule has 0 amide bonds. The molecule has 1 unspecified atom stereocenters. The van der Waals surface area contributed by atoms with Crippen molar-refractivity contribution in [3.05, 3.63) is 0 Å². The van der Waals surface area contributed by atoms with E-state index in [1.54, 1.807) is 0 Å². The zero-order valence-corrected chi connectivity index (χ0v) is 9.27. The average Bonchev–Trinajstić information content (AvgIpc) is 2.85. The predicted molar refractivity (Wildman–Crippen MR) is 57.6 cm³/mol. The van der Waals surface area contributed by atoms with E-state index in [-0.39, 0.29) is 0 Å². The van der Waals surface area contributed by atoms with Crippen molar-refractivity contribution in [3.63, 3.8) is 0 Å². The van der Waals surface area contributed by atoms with E-state index in [1.807, 2.05) is 0 Å². The molecule has 1 atom stereocenters. The molecule has 0 aromatic heterocycles. The number of hydrogen-bond acceptors (Lipinski definition) is 2. The summed E-state index contributed by atoms with van der Waals surface area (Å²) in [4.78, 5) is 0. The highest BCUT2D eigenvalue weighted by molar-refractivity contribution is 4.93. The van der Waals surface area contributed by atoms with Crippen molar-refractivity contribution in [1.82, 2.24) is 5.32 Å². The van der Waals surface area contributed by atoms with Gasteiger partial charge in [-0.1, -0.05) is 20.8 Å². The van der Waals surface area contributed by atoms with Crippen LogP contribution in [0.25, 0.3) is 0 Å². The lowest BCUT2D eigenvalue weighted by molar-refractivity contribution is 0.401. The number of hydrogen-bond donors (Lipinski definition) is 2. The van der Waals surface area contributed by atoms with Crippen LogP contribution in [0.3, 0.4) is 0 Å². The third-order valence-electron chi connectivity index (χ3n) is 3.44. The minimum Gasteiger partial charge on any atom is -0.326 e. The third-order valence-corrected chi connectivity index (χ3v) is 3.44. The van der Waals surface area contributed by atoms with Crippen LogP contribution < -0.4 is 11.1 Å². The first-order chi connectivity index (χ1) is 6.09. The van der Waals surface area contributed by atoms with Crippen LogP contribution in [0.1, 0.15) is 40.0 Å². The van der Waals surface area contributed by atoms with E-state index >= 15 is 0 Å². The molecule has 13 heavy (non-hydrogen) atoms. The lowest BCUT2D eigenvalue weighted by atomic mass is 10.0. The molecule has 0 heterocycles. The molecule has 3 N–H and O–H groups in total. The average molecular weight is 184 g/mol. The molecule has 2 heteroatoms. The van der Waals surface area contributed by atoms with Gasteiger partial charge in [0.2, 0.25) is 0 Å². The number of nitrogens with two attached hydrogens (primary N) is 1. The Bertz CT molecular complexity index is 150. The van der Waals surface area contributed by atoms with E-state index in [0.717, 1.165) is 6.54 Å². The first-order valence-corrected chi connectivity index (χ1v) is 5.56. The summed E-state index contributed by atoms with van der Waals surface area (Å²) < 4.78 is 0. The highest BCUT2D eigenvalue weighted by Gasteiger charge is 2.39. The first-order valence-electron chi connectivity index (χ1n) is 5.56. The molecule has 0 spiro atoms. The van der Waals surface area contributed by atoms with E-state index in [0.29, 0.717) is 17.4 Å². The molecule has 0 radical (unpaired) electrons. The lowest BCUT2D eigenvalue weighted by Gasteiger charge is -2.19. The molecular formula is C11H24N2. The summed E-state index contributed by atoms with van der Waals surface area (Å²) in [5.74, 6) is 0.587. The Labute approximate surface area is 82.3 Å². The van der Waals surface area contributed by atoms with Gasteiger partial charge in [0.1, 0.15) is 0 Å². The van der Waals surface area contributed by atoms with Gasteiger partial charge >= 0.3 is 0 Å². The first kappa shape index (κ1) is 11.0. The van der Waals surface area contributed by atoms with Gasteiger partial charge in [-0.25, -0.2) is 0 Å². The number of rotatable bonds is 6. The molecule has 1 saturated carbocycles. The van der Waals surface area contributed by atoms with E-state index in [1.165, 1.54) is 25.8 Å². The topological polar surface area (TPSA) is 38.0 Å². The molecule has 2 nitrogen and oxygen atoms in total. The van der Waals surface area contributed by atoms with Crippen LogP contribution in [0.4, 0.5) is 0 Å². The van der Waals surface area contributed by atoms with Crippen LogP contribution in [0.5, 0.6) is 0 Å². The van der Waals surface area contributed by atoms with Gasteiger partial charge in [-0.15, -0.1) is 0 Å². The van der Waals surface area contributed by atoms with E-state index in [2.05, 4.69) is 26.1 Å². The Morgan fingerprint density at radius 1 is 1.38 bits per heavy atom. The summed E-state index contributed by atoms with van der Waals surface area (Å²) in [5, 5.41) is 3.50. The fraction of sp³-hybridized carbons (Fsp3) is 1.00. The highest BCUT2D eigenvalue weighted by atomic mass is 14.9. The van der Waals surface area contributed by atoms with Gasteiger partial charge in [-0.2, -0.15) is 0 Å². The van der Waals surface area contributed by atoms with Crippen molar-refractivity contribution in [3.8, 4) is 0 Å². The van der Waals surface area contributed by atoms with Crippen molar-refractivity contribution in [2.24, 2.45) is 17.1 Å². The van der Waals surface area contributed by atoms with Crippen molar-refractivity contribution in [1.29, 1.82) is 0 Å². The minimum atomic E-state index is 0.313. The fourth-order valence-electron chi connectivity index (χ4n) is 1.57. The number of nitrogens with one attached hydrogen (secondary N) is 1. The van der Waals surface area contributed by atoms with Gasteiger partial charge < -0.3 is 11.1 Å². The molecule has 78 valence electrons. The van der Waals surface area contributed by atoms with Crippen molar-refractivity contribution in [2.45, 2.75) is 46.1 Å². The second kappa shape index (κ2) is 4.43. The Balaban J connectivity index is 2.07. The normalized spacial score (nSPS) is 21.9. The second-order valence-electron chi connectivity index (χ2n) is 4.89. The van der Waals surface area contributed by atoms with Crippen LogP contribution in [-0.4, -0.2) is 19.1 Å². The molecule has 0 aromatic rings. The molecule has 1 aliphatic carbocycles. The summed E-state index contributed by atoms with van der Waals surface area (Å²) >= 11 is 0. The summed E-state index contributed by atoms with van der Waals surface area (Å²) in [6, 6.07) is 0.313. The standard InChI is InChI=1S/C11H24N2/c1-4-11(5-6-11)8-13-7-10(12)9(2)3/h9-10,13H,4-8,12H2,1-3H3. The van der Waals surface area contributed by atoms with E-state index in [4.69, 9.17) is 5.73 Å². The maximum atomic E-state index is 5.95. The summed E-state index contributed by atoms with van der Waals surface area (Å²) in [7, 11) is 0. The van der Waals surface area contributed by atoms with Gasteiger partial charge in [-0.3, -0.25) is 0 Å². The summed E-state index contributed by atoms with van der Waals surface area (Å²) in [5.41, 5.74) is 6.59. The zero-order chi connectivity index (χ0) is 9.90. The van der Waals surface area contributed by atoms with Crippen molar-refractivity contribution >= 4 is 0 Å². The van der Waals surface area contributed by atoms with Crippen LogP contribution in [0.15, 0.2) is 0 Å². The van der Waals surface area contributed by atoms with Crippen LogP contribution in [0, 0.1) is 11.3 Å². The molecule has 0 bridgehead atoms. The van der Waals surface area contributed by atoms with Crippen molar-refractivity contribution < 1.29 is 0 Å². The van der Waals surface area contributed by atoms with E-state index < -0.39 is 0 Å². The van der Waals surface area contributed by atoms with Crippen LogP contribution in [0.2, 0.25) is 0 Å². The second-order valence-corrected chi connectivity index (χ2v) is 4.89. The molecule has 1 rings (SSSR count). The van der Waals surface area contributed by atoms with Gasteiger partial charge in [0.15, 0.2) is 0 Å². The zero-order valence-electron chi connectivity index (χ0n) is 9.27. The fourth-order valence-corrected chi connectivity index (χ4v) is 1.57. The summed E-state index contributed by atoms with van der Waals surface area (Å²) in [6.45, 7) is 8.79. The molecular weight excluding hydrogens is 160 g/mol. The maximum absolute atomic E-state index is 5.95. The highest BCUT2D eigenvalue weighted by Crippen LogP contribution is 2.47. The quantitative estimate of drug-likeness (QED) is 0.660. The molecule has 0 aromatic carbocycles. The third kappa shape index (κ3) is 3.28. The largest absolute Gasteiger partial charge is 0.326 e. The van der Waals surface area contributed by atoms with Crippen molar-refractivity contribution in [2.75, 3.05) is 13.1 Å². The van der Waals surface area contributed by atoms with Gasteiger partial charge in [0.05, 0.1) is 0 Å². The monoisotopic (exact) mass is 184 g/mol. The Morgan fingerprint density at radius 3 is 2.38 bits per heavy atom.